The Morgan fingerprint density at radius 1 is 1.25 bits per heavy atom. The molecule has 0 aliphatic carbocycles. The average Bonchev–Trinajstić information content (AvgIpc) is 2.12. The lowest BCUT2D eigenvalue weighted by molar-refractivity contribution is -0.138. The summed E-state index contributed by atoms with van der Waals surface area (Å²) in [5.41, 5.74) is -1.10. The Hall–Kier alpha value is -1.08. The van der Waals surface area contributed by atoms with E-state index in [0.29, 0.717) is 0 Å². The molecule has 1 rings (SSSR count). The fourth-order valence-electron chi connectivity index (χ4n) is 1.09. The smallest absolute Gasteiger partial charge is 0.265 e. The van der Waals surface area contributed by atoms with Gasteiger partial charge >= 0.3 is 6.18 Å². The third-order valence-corrected chi connectivity index (χ3v) is 2.30. The Morgan fingerprint density at radius 3 is 2.31 bits per heavy atom. The Bertz CT molecular complexity index is 465. The fourth-order valence-corrected chi connectivity index (χ4v) is 1.43. The van der Waals surface area contributed by atoms with Crippen molar-refractivity contribution in [1.82, 2.24) is 0 Å². The van der Waals surface area contributed by atoms with Crippen LogP contribution in [0.3, 0.4) is 0 Å². The molecule has 16 heavy (non-hydrogen) atoms. The van der Waals surface area contributed by atoms with Gasteiger partial charge in [-0.3, -0.25) is 4.18 Å². The van der Waals surface area contributed by atoms with Crippen LogP contribution in [0.2, 0.25) is 0 Å². The van der Waals surface area contributed by atoms with Crippen molar-refractivity contribution >= 4 is 10.1 Å². The van der Waals surface area contributed by atoms with Crippen LogP contribution in [0.4, 0.5) is 13.2 Å². The quantitative estimate of drug-likeness (QED) is 0.776. The van der Waals surface area contributed by atoms with Crippen LogP contribution < -0.4 is 0 Å². The second-order valence-corrected chi connectivity index (χ2v) is 4.77. The summed E-state index contributed by atoms with van der Waals surface area (Å²) in [6.45, 7) is -0.617. The first-order valence-electron chi connectivity index (χ1n) is 4.19. The second kappa shape index (κ2) is 4.42. The Kier molecular flexibility index (Phi) is 3.59. The molecule has 0 saturated carbocycles. The van der Waals surface area contributed by atoms with Gasteiger partial charge in [0.1, 0.15) is 0 Å². The summed E-state index contributed by atoms with van der Waals surface area (Å²) in [5.74, 6) is 0. The monoisotopic (exact) mass is 254 g/mol. The van der Waals surface area contributed by atoms with E-state index in [-0.39, 0.29) is 5.56 Å². The molecule has 7 heteroatoms. The van der Waals surface area contributed by atoms with Crippen LogP contribution in [0.5, 0.6) is 0 Å². The van der Waals surface area contributed by atoms with Gasteiger partial charge in [-0.25, -0.2) is 0 Å². The lowest BCUT2D eigenvalue weighted by Crippen LogP contribution is -2.11. The van der Waals surface area contributed by atoms with Crippen molar-refractivity contribution in [2.75, 3.05) is 6.26 Å². The largest absolute Gasteiger partial charge is 0.416 e. The minimum absolute atomic E-state index is 0.208. The standard InChI is InChI=1S/C9H9F3O3S/c1-16(13,14)15-6-7-4-2-3-5-8(7)9(10,11)12/h2-5H,6H2,1H3. The molecule has 0 aromatic heterocycles. The molecular weight excluding hydrogens is 245 g/mol. The normalized spacial score (nSPS) is 12.8. The number of halogens is 3. The molecular formula is C9H9F3O3S. The van der Waals surface area contributed by atoms with Crippen LogP contribution in [-0.4, -0.2) is 14.7 Å². The Labute approximate surface area is 91.0 Å². The van der Waals surface area contributed by atoms with Crippen LogP contribution >= 0.6 is 0 Å². The molecule has 3 nitrogen and oxygen atoms in total. The maximum atomic E-state index is 12.5. The molecule has 1 aromatic rings. The van der Waals surface area contributed by atoms with Crippen molar-refractivity contribution in [3.8, 4) is 0 Å². The van der Waals surface area contributed by atoms with Gasteiger partial charge in [-0.15, -0.1) is 0 Å². The van der Waals surface area contributed by atoms with E-state index in [0.717, 1.165) is 12.3 Å². The highest BCUT2D eigenvalue weighted by Gasteiger charge is 2.33. The molecule has 0 saturated heterocycles. The molecule has 0 N–H and O–H groups in total. The van der Waals surface area contributed by atoms with E-state index in [9.17, 15) is 21.6 Å². The summed E-state index contributed by atoms with van der Waals surface area (Å²) in [4.78, 5) is 0. The molecule has 90 valence electrons. The van der Waals surface area contributed by atoms with E-state index in [2.05, 4.69) is 4.18 Å². The predicted molar refractivity (Wildman–Crippen MR) is 51.1 cm³/mol. The van der Waals surface area contributed by atoms with Crippen molar-refractivity contribution in [2.24, 2.45) is 0 Å². The number of rotatable bonds is 3. The summed E-state index contributed by atoms with van der Waals surface area (Å²) in [5, 5.41) is 0. The third-order valence-electron chi connectivity index (χ3n) is 1.75. The zero-order chi connectivity index (χ0) is 12.4. The first-order valence-corrected chi connectivity index (χ1v) is 6.01. The molecule has 0 atom stereocenters. The summed E-state index contributed by atoms with van der Waals surface area (Å²) in [6, 6.07) is 4.66. The topological polar surface area (TPSA) is 43.4 Å². The number of alkyl halides is 3. The highest BCUT2D eigenvalue weighted by Crippen LogP contribution is 2.32. The van der Waals surface area contributed by atoms with E-state index in [4.69, 9.17) is 0 Å². The van der Waals surface area contributed by atoms with Crippen molar-refractivity contribution in [3.63, 3.8) is 0 Å². The third kappa shape index (κ3) is 3.82. The van der Waals surface area contributed by atoms with Gasteiger partial charge in [0.15, 0.2) is 0 Å². The first kappa shape index (κ1) is 13.0. The van der Waals surface area contributed by atoms with Gasteiger partial charge in [0.25, 0.3) is 10.1 Å². The summed E-state index contributed by atoms with van der Waals surface area (Å²) < 4.78 is 63.0. The van der Waals surface area contributed by atoms with Crippen molar-refractivity contribution in [3.05, 3.63) is 35.4 Å². The van der Waals surface area contributed by atoms with E-state index in [1.54, 1.807) is 0 Å². The SMILES string of the molecule is CS(=O)(=O)OCc1ccccc1C(F)(F)F. The van der Waals surface area contributed by atoms with E-state index < -0.39 is 28.5 Å². The highest BCUT2D eigenvalue weighted by molar-refractivity contribution is 7.85. The van der Waals surface area contributed by atoms with Gasteiger partial charge in [0.2, 0.25) is 0 Å². The lowest BCUT2D eigenvalue weighted by atomic mass is 10.1. The van der Waals surface area contributed by atoms with Crippen LogP contribution in [0.25, 0.3) is 0 Å². The summed E-state index contributed by atoms with van der Waals surface area (Å²) in [6.07, 6.45) is -3.74. The average molecular weight is 254 g/mol. The molecule has 0 aliphatic heterocycles. The van der Waals surface area contributed by atoms with Crippen molar-refractivity contribution in [1.29, 1.82) is 0 Å². The maximum Gasteiger partial charge on any atom is 0.416 e. The molecule has 0 unspecified atom stereocenters. The van der Waals surface area contributed by atoms with Crippen LogP contribution in [0.1, 0.15) is 11.1 Å². The number of hydrogen-bond acceptors (Lipinski definition) is 3. The molecule has 0 fully saturated rings. The molecule has 0 heterocycles. The van der Waals surface area contributed by atoms with Gasteiger partial charge in [-0.05, 0) is 11.6 Å². The molecule has 0 amide bonds. The first-order chi connectivity index (χ1) is 7.20. The van der Waals surface area contributed by atoms with Crippen LogP contribution in [0.15, 0.2) is 24.3 Å². The van der Waals surface area contributed by atoms with E-state index in [1.165, 1.54) is 18.2 Å². The minimum atomic E-state index is -4.52. The summed E-state index contributed by atoms with van der Waals surface area (Å²) >= 11 is 0. The molecule has 0 spiro atoms. The fraction of sp³-hybridized carbons (Fsp3) is 0.333. The van der Waals surface area contributed by atoms with Crippen molar-refractivity contribution < 1.29 is 25.8 Å². The van der Waals surface area contributed by atoms with Gasteiger partial charge in [0.05, 0.1) is 18.4 Å². The highest BCUT2D eigenvalue weighted by atomic mass is 32.2. The van der Waals surface area contributed by atoms with Crippen LogP contribution in [0, 0.1) is 0 Å². The number of hydrogen-bond donors (Lipinski definition) is 0. The summed E-state index contributed by atoms with van der Waals surface area (Å²) in [7, 11) is -3.75. The van der Waals surface area contributed by atoms with E-state index in [1.807, 2.05) is 0 Å². The van der Waals surface area contributed by atoms with Gasteiger partial charge in [-0.2, -0.15) is 21.6 Å². The molecule has 0 bridgehead atoms. The Morgan fingerprint density at radius 2 is 1.81 bits per heavy atom. The maximum absolute atomic E-state index is 12.5. The molecule has 0 aliphatic rings. The zero-order valence-electron chi connectivity index (χ0n) is 8.28. The molecule has 0 radical (unpaired) electrons. The van der Waals surface area contributed by atoms with Crippen LogP contribution in [-0.2, 0) is 27.1 Å². The Balaban J connectivity index is 2.97. The van der Waals surface area contributed by atoms with Gasteiger partial charge < -0.3 is 0 Å². The van der Waals surface area contributed by atoms with Gasteiger partial charge in [0, 0.05) is 0 Å². The second-order valence-electron chi connectivity index (χ2n) is 3.12. The van der Waals surface area contributed by atoms with Crippen molar-refractivity contribution in [2.45, 2.75) is 12.8 Å². The predicted octanol–water partition coefficient (Wildman–Crippen LogP) is 2.18. The molecule has 1 aromatic carbocycles. The van der Waals surface area contributed by atoms with Gasteiger partial charge in [-0.1, -0.05) is 18.2 Å². The lowest BCUT2D eigenvalue weighted by Gasteiger charge is -2.11. The zero-order valence-corrected chi connectivity index (χ0v) is 9.10. The number of benzene rings is 1. The van der Waals surface area contributed by atoms with E-state index >= 15 is 0 Å². The minimum Gasteiger partial charge on any atom is -0.265 e.